The number of nitrogens with zero attached hydrogens (tertiary/aromatic N) is 2. The maximum absolute atomic E-state index is 12.3. The number of benzene rings is 2. The molecule has 3 aromatic carbocycles. The average Bonchev–Trinajstić information content (AvgIpc) is 2.83. The largest absolute Gasteiger partial charge is 0.493 e. The Morgan fingerprint density at radius 2 is 1.62 bits per heavy atom. The van der Waals surface area contributed by atoms with Crippen LogP contribution in [0.1, 0.15) is 5.56 Å². The van der Waals surface area contributed by atoms with E-state index in [9.17, 15) is 9.59 Å². The lowest BCUT2D eigenvalue weighted by Crippen LogP contribution is -2.51. The lowest BCUT2D eigenvalue weighted by molar-refractivity contribution is 0.354. The normalized spacial score (nSPS) is 14.0. The van der Waals surface area contributed by atoms with Crippen molar-refractivity contribution in [2.45, 2.75) is 6.42 Å². The quantitative estimate of drug-likeness (QED) is 0.523. The molecule has 32 heavy (non-hydrogen) atoms. The molecule has 0 amide bonds. The molecular weight excluding hydrogens is 430 g/mol. The Balaban J connectivity index is 1.37. The minimum atomic E-state index is -0.440. The van der Waals surface area contributed by atoms with Crippen molar-refractivity contribution >= 4 is 28.7 Å². The van der Waals surface area contributed by atoms with E-state index in [0.717, 1.165) is 24.3 Å². The molecule has 0 atom stereocenters. The van der Waals surface area contributed by atoms with Crippen molar-refractivity contribution in [1.82, 2.24) is 0 Å². The van der Waals surface area contributed by atoms with E-state index < -0.39 is 10.9 Å². The highest BCUT2D eigenvalue weighted by Gasteiger charge is 2.28. The predicted octanol–water partition coefficient (Wildman–Crippen LogP) is 2.93. The summed E-state index contributed by atoms with van der Waals surface area (Å²) in [6.07, 6.45) is 0.682. The van der Waals surface area contributed by atoms with Crippen LogP contribution < -0.4 is 35.4 Å². The van der Waals surface area contributed by atoms with Gasteiger partial charge in [0.05, 0.1) is 14.2 Å². The van der Waals surface area contributed by atoms with Gasteiger partial charge in [0.1, 0.15) is 11.4 Å². The minimum absolute atomic E-state index is 0.408. The number of piperazine rings is 1. The fourth-order valence-electron chi connectivity index (χ4n) is 4.07. The first-order chi connectivity index (χ1) is 15.5. The first-order valence-corrected chi connectivity index (χ1v) is 10.9. The summed E-state index contributed by atoms with van der Waals surface area (Å²) in [6, 6.07) is 13.5. The van der Waals surface area contributed by atoms with Gasteiger partial charge in [-0.3, -0.25) is 9.59 Å². The second-order valence-corrected chi connectivity index (χ2v) is 8.14. The van der Waals surface area contributed by atoms with Crippen LogP contribution in [0, 0.1) is 0 Å². The molecule has 0 aromatic heterocycles. The Kier molecular flexibility index (Phi) is 6.55. The van der Waals surface area contributed by atoms with Gasteiger partial charge in [0, 0.05) is 43.4 Å². The molecule has 7 nitrogen and oxygen atoms in total. The van der Waals surface area contributed by atoms with Gasteiger partial charge in [-0.1, -0.05) is 23.7 Å². The monoisotopic (exact) mass is 455 g/mol. The Bertz CT molecular complexity index is 1160. The minimum Gasteiger partial charge on any atom is -0.493 e. The van der Waals surface area contributed by atoms with Crippen molar-refractivity contribution in [3.63, 3.8) is 0 Å². The maximum Gasteiger partial charge on any atom is 0.253 e. The highest BCUT2D eigenvalue weighted by atomic mass is 35.5. The van der Waals surface area contributed by atoms with Crippen molar-refractivity contribution < 1.29 is 9.47 Å². The zero-order valence-corrected chi connectivity index (χ0v) is 18.9. The second kappa shape index (κ2) is 9.53. The summed E-state index contributed by atoms with van der Waals surface area (Å²) < 4.78 is 10.6. The number of anilines is 3. The van der Waals surface area contributed by atoms with E-state index in [1.165, 1.54) is 0 Å². The molecule has 1 saturated heterocycles. The second-order valence-electron chi connectivity index (χ2n) is 7.70. The predicted molar refractivity (Wildman–Crippen MR) is 129 cm³/mol. The summed E-state index contributed by atoms with van der Waals surface area (Å²) in [5.74, 6) is 1.34. The molecule has 1 N–H and O–H groups in total. The summed E-state index contributed by atoms with van der Waals surface area (Å²) in [4.78, 5) is 28.7. The van der Waals surface area contributed by atoms with Crippen LogP contribution >= 0.6 is 11.6 Å². The van der Waals surface area contributed by atoms with Crippen LogP contribution in [0.3, 0.4) is 0 Å². The number of hydrogen-bond donors (Lipinski definition) is 1. The maximum atomic E-state index is 12.3. The average molecular weight is 456 g/mol. The number of halogens is 1. The summed E-state index contributed by atoms with van der Waals surface area (Å²) >= 11 is 6.11. The van der Waals surface area contributed by atoms with Gasteiger partial charge < -0.3 is 24.6 Å². The third-order valence-electron chi connectivity index (χ3n) is 5.82. The molecule has 0 saturated carbocycles. The molecule has 0 bridgehead atoms. The van der Waals surface area contributed by atoms with Gasteiger partial charge in [-0.15, -0.1) is 0 Å². The standard InChI is InChI=1S/C24H26ClN3O4/c1-31-19-7-6-16(14-20(19)32-2)8-9-26-21-22(24(30)23(21)29)28-12-10-27(11-13-28)18-5-3-4-17(25)15-18/h3-7,14-15,26H,8-13H2,1-2H3. The molecule has 0 aliphatic carbocycles. The van der Waals surface area contributed by atoms with Crippen molar-refractivity contribution in [3.05, 3.63) is 73.5 Å². The van der Waals surface area contributed by atoms with Crippen LogP contribution in [0.25, 0.3) is 0 Å². The van der Waals surface area contributed by atoms with Gasteiger partial charge in [-0.05, 0) is 42.3 Å². The van der Waals surface area contributed by atoms with E-state index in [1.54, 1.807) is 14.2 Å². The van der Waals surface area contributed by atoms with Crippen molar-refractivity contribution in [1.29, 1.82) is 0 Å². The third-order valence-corrected chi connectivity index (χ3v) is 6.05. The topological polar surface area (TPSA) is 71.1 Å². The first kappa shape index (κ1) is 22.0. The van der Waals surface area contributed by atoms with Gasteiger partial charge in [0.25, 0.3) is 10.9 Å². The van der Waals surface area contributed by atoms with Crippen LogP contribution in [0.5, 0.6) is 11.5 Å². The van der Waals surface area contributed by atoms with Crippen molar-refractivity contribution in [2.24, 2.45) is 0 Å². The molecular formula is C24H26ClN3O4. The first-order valence-electron chi connectivity index (χ1n) is 10.6. The summed E-state index contributed by atoms with van der Waals surface area (Å²) in [7, 11) is 3.20. The van der Waals surface area contributed by atoms with E-state index in [4.69, 9.17) is 21.1 Å². The van der Waals surface area contributed by atoms with Crippen LogP contribution in [0.2, 0.25) is 5.02 Å². The number of nitrogens with one attached hydrogen (secondary N) is 1. The van der Waals surface area contributed by atoms with Gasteiger partial charge >= 0.3 is 0 Å². The zero-order valence-electron chi connectivity index (χ0n) is 18.2. The SMILES string of the molecule is COc1ccc(CCNc2c(N3CCN(c4cccc(Cl)c4)CC3)c(=O)c2=O)cc1OC. The van der Waals surface area contributed by atoms with E-state index in [-0.39, 0.29) is 0 Å². The van der Waals surface area contributed by atoms with E-state index >= 15 is 0 Å². The zero-order chi connectivity index (χ0) is 22.7. The summed E-state index contributed by atoms with van der Waals surface area (Å²) in [5.41, 5.74) is 2.19. The molecule has 0 unspecified atom stereocenters. The van der Waals surface area contributed by atoms with Gasteiger partial charge in [0.15, 0.2) is 11.5 Å². The summed E-state index contributed by atoms with van der Waals surface area (Å²) in [6.45, 7) is 3.38. The highest BCUT2D eigenvalue weighted by Crippen LogP contribution is 2.28. The molecule has 4 rings (SSSR count). The number of ether oxygens (including phenoxy) is 2. The Morgan fingerprint density at radius 1 is 0.906 bits per heavy atom. The number of hydrogen-bond acceptors (Lipinski definition) is 7. The Morgan fingerprint density at radius 3 is 2.31 bits per heavy atom. The number of rotatable bonds is 8. The smallest absolute Gasteiger partial charge is 0.253 e. The molecule has 3 aromatic rings. The fraction of sp³-hybridized carbons (Fsp3) is 0.333. The Hall–Kier alpha value is -3.19. The van der Waals surface area contributed by atoms with Crippen LogP contribution in [0.15, 0.2) is 52.1 Å². The van der Waals surface area contributed by atoms with Gasteiger partial charge in [-0.25, -0.2) is 0 Å². The summed E-state index contributed by atoms with van der Waals surface area (Å²) in [5, 5.41) is 3.88. The molecule has 1 fully saturated rings. The van der Waals surface area contributed by atoms with Crippen molar-refractivity contribution in [2.75, 3.05) is 62.1 Å². The van der Waals surface area contributed by atoms with Gasteiger partial charge in [-0.2, -0.15) is 0 Å². The fourth-order valence-corrected chi connectivity index (χ4v) is 4.26. The highest BCUT2D eigenvalue weighted by molar-refractivity contribution is 6.30. The Labute approximate surface area is 191 Å². The van der Waals surface area contributed by atoms with Crippen LogP contribution in [-0.4, -0.2) is 46.9 Å². The molecule has 8 heteroatoms. The third kappa shape index (κ3) is 4.39. The lowest BCUT2D eigenvalue weighted by atomic mass is 10.1. The van der Waals surface area contributed by atoms with E-state index in [0.29, 0.717) is 54.0 Å². The van der Waals surface area contributed by atoms with E-state index in [2.05, 4.69) is 10.2 Å². The van der Waals surface area contributed by atoms with Crippen molar-refractivity contribution in [3.8, 4) is 11.5 Å². The lowest BCUT2D eigenvalue weighted by Gasteiger charge is -2.38. The molecule has 1 heterocycles. The molecule has 168 valence electrons. The van der Waals surface area contributed by atoms with Gasteiger partial charge in [0.2, 0.25) is 0 Å². The van der Waals surface area contributed by atoms with E-state index in [1.807, 2.05) is 47.4 Å². The molecule has 1 aliphatic heterocycles. The van der Waals surface area contributed by atoms with Crippen LogP contribution in [0.4, 0.5) is 17.1 Å². The molecule has 0 radical (unpaired) electrons. The number of methoxy groups -OCH3 is 2. The van der Waals surface area contributed by atoms with Crippen LogP contribution in [-0.2, 0) is 6.42 Å². The molecule has 1 aliphatic rings. The molecule has 0 spiro atoms.